The van der Waals surface area contributed by atoms with Crippen LogP contribution < -0.4 is 0 Å². The molecule has 0 atom stereocenters. The van der Waals surface area contributed by atoms with Gasteiger partial charge in [-0.25, -0.2) is 0 Å². The number of hydrogen-bond donors (Lipinski definition) is 1. The molecular weight excluding hydrogens is 170 g/mol. The van der Waals surface area contributed by atoms with Crippen molar-refractivity contribution in [1.82, 2.24) is 4.98 Å². The lowest BCUT2D eigenvalue weighted by Gasteiger charge is -2.15. The maximum atomic E-state index is 9.44. The van der Waals surface area contributed by atoms with E-state index < -0.39 is 5.60 Å². The van der Waals surface area contributed by atoms with Crippen LogP contribution in [0, 0.1) is 0 Å². The molecule has 1 aromatic rings. The van der Waals surface area contributed by atoms with Gasteiger partial charge in [0.2, 0.25) is 0 Å². The second-order valence-electron chi connectivity index (χ2n) is 3.28. The Morgan fingerprint density at radius 3 is 2.50 bits per heavy atom. The number of thioether (sulfide) groups is 1. The first-order valence-electron chi connectivity index (χ1n) is 3.83. The monoisotopic (exact) mass is 183 g/mol. The highest BCUT2D eigenvalue weighted by atomic mass is 32.2. The molecule has 1 rings (SSSR count). The third-order valence-corrected chi connectivity index (χ3v) is 2.70. The molecule has 2 nitrogen and oxygen atoms in total. The summed E-state index contributed by atoms with van der Waals surface area (Å²) < 4.78 is 0. The van der Waals surface area contributed by atoms with Gasteiger partial charge in [0.1, 0.15) is 0 Å². The molecule has 0 saturated carbocycles. The molecule has 0 saturated heterocycles. The third-order valence-electron chi connectivity index (χ3n) is 1.24. The van der Waals surface area contributed by atoms with Gasteiger partial charge in [0.15, 0.2) is 0 Å². The molecule has 0 aromatic carbocycles. The van der Waals surface area contributed by atoms with Gasteiger partial charge in [0.25, 0.3) is 0 Å². The zero-order valence-electron chi connectivity index (χ0n) is 7.32. The number of pyridine rings is 1. The largest absolute Gasteiger partial charge is 0.390 e. The van der Waals surface area contributed by atoms with Crippen molar-refractivity contribution < 1.29 is 5.11 Å². The van der Waals surface area contributed by atoms with Crippen molar-refractivity contribution in [3.63, 3.8) is 0 Å². The fourth-order valence-electron chi connectivity index (χ4n) is 0.694. The first kappa shape index (κ1) is 9.55. The fourth-order valence-corrected chi connectivity index (χ4v) is 1.53. The van der Waals surface area contributed by atoms with Crippen LogP contribution in [-0.4, -0.2) is 21.4 Å². The Hall–Kier alpha value is -0.540. The van der Waals surface area contributed by atoms with Gasteiger partial charge in [-0.2, -0.15) is 0 Å². The zero-order chi connectivity index (χ0) is 9.03. The predicted octanol–water partition coefficient (Wildman–Crippen LogP) is 1.94. The molecule has 0 unspecified atom stereocenters. The quantitative estimate of drug-likeness (QED) is 0.727. The third kappa shape index (κ3) is 3.74. The molecule has 1 N–H and O–H groups in total. The Kier molecular flexibility index (Phi) is 3.12. The van der Waals surface area contributed by atoms with Crippen molar-refractivity contribution in [3.8, 4) is 0 Å². The second kappa shape index (κ2) is 3.92. The van der Waals surface area contributed by atoms with E-state index in [0.717, 1.165) is 4.90 Å². The van der Waals surface area contributed by atoms with Crippen LogP contribution in [0.15, 0.2) is 29.4 Å². The van der Waals surface area contributed by atoms with Crippen LogP contribution in [0.2, 0.25) is 0 Å². The van der Waals surface area contributed by atoms with E-state index in [2.05, 4.69) is 4.98 Å². The second-order valence-corrected chi connectivity index (χ2v) is 4.33. The minimum absolute atomic E-state index is 0.603. The van der Waals surface area contributed by atoms with Crippen LogP contribution in [0.25, 0.3) is 0 Å². The van der Waals surface area contributed by atoms with E-state index in [0.29, 0.717) is 5.75 Å². The first-order valence-corrected chi connectivity index (χ1v) is 4.82. The lowest BCUT2D eigenvalue weighted by Crippen LogP contribution is -2.21. The topological polar surface area (TPSA) is 33.1 Å². The highest BCUT2D eigenvalue weighted by molar-refractivity contribution is 7.99. The van der Waals surface area contributed by atoms with Crippen molar-refractivity contribution in [2.45, 2.75) is 24.3 Å². The first-order chi connectivity index (χ1) is 5.58. The van der Waals surface area contributed by atoms with E-state index in [-0.39, 0.29) is 0 Å². The van der Waals surface area contributed by atoms with Gasteiger partial charge in [-0.15, -0.1) is 11.8 Å². The van der Waals surface area contributed by atoms with Gasteiger partial charge in [-0.3, -0.25) is 4.98 Å². The molecule has 66 valence electrons. The summed E-state index contributed by atoms with van der Waals surface area (Å²) in [6.45, 7) is 3.61. The molecule has 0 aliphatic carbocycles. The van der Waals surface area contributed by atoms with E-state index >= 15 is 0 Å². The van der Waals surface area contributed by atoms with Crippen LogP contribution in [0.3, 0.4) is 0 Å². The van der Waals surface area contributed by atoms with Crippen LogP contribution in [0.4, 0.5) is 0 Å². The van der Waals surface area contributed by atoms with Crippen molar-refractivity contribution in [2.24, 2.45) is 0 Å². The average Bonchev–Trinajstić information content (AvgIpc) is 2.02. The summed E-state index contributed by atoms with van der Waals surface area (Å²) in [5, 5.41) is 9.44. The lowest BCUT2D eigenvalue weighted by atomic mass is 10.2. The van der Waals surface area contributed by atoms with Crippen LogP contribution in [-0.2, 0) is 0 Å². The lowest BCUT2D eigenvalue weighted by molar-refractivity contribution is 0.107. The SMILES string of the molecule is CC(C)(O)CSc1ccncc1. The minimum atomic E-state index is -0.603. The smallest absolute Gasteiger partial charge is 0.0685 e. The Morgan fingerprint density at radius 1 is 1.42 bits per heavy atom. The summed E-state index contributed by atoms with van der Waals surface area (Å²) in [5.74, 6) is 0.705. The van der Waals surface area contributed by atoms with Crippen molar-refractivity contribution >= 4 is 11.8 Å². The highest BCUT2D eigenvalue weighted by Crippen LogP contribution is 2.20. The molecular formula is C9H13NOS. The molecule has 1 heterocycles. The van der Waals surface area contributed by atoms with Crippen molar-refractivity contribution in [3.05, 3.63) is 24.5 Å². The zero-order valence-corrected chi connectivity index (χ0v) is 8.14. The molecule has 0 bridgehead atoms. The summed E-state index contributed by atoms with van der Waals surface area (Å²) in [6, 6.07) is 3.88. The minimum Gasteiger partial charge on any atom is -0.390 e. The number of nitrogens with zero attached hydrogens (tertiary/aromatic N) is 1. The molecule has 0 spiro atoms. The van der Waals surface area contributed by atoms with Crippen LogP contribution >= 0.6 is 11.8 Å². The van der Waals surface area contributed by atoms with E-state index in [4.69, 9.17) is 0 Å². The normalized spacial score (nSPS) is 11.6. The van der Waals surface area contributed by atoms with Gasteiger partial charge < -0.3 is 5.11 Å². The molecule has 1 aromatic heterocycles. The van der Waals surface area contributed by atoms with E-state index in [1.54, 1.807) is 38.0 Å². The van der Waals surface area contributed by atoms with E-state index in [1.165, 1.54) is 0 Å². The highest BCUT2D eigenvalue weighted by Gasteiger charge is 2.12. The maximum Gasteiger partial charge on any atom is 0.0685 e. The number of hydrogen-bond acceptors (Lipinski definition) is 3. The van der Waals surface area contributed by atoms with Crippen LogP contribution in [0.5, 0.6) is 0 Å². The number of rotatable bonds is 3. The van der Waals surface area contributed by atoms with Gasteiger partial charge in [-0.05, 0) is 26.0 Å². The van der Waals surface area contributed by atoms with Gasteiger partial charge >= 0.3 is 0 Å². The molecule has 0 aliphatic rings. The Bertz CT molecular complexity index is 230. The Balaban J connectivity index is 2.44. The van der Waals surface area contributed by atoms with Gasteiger partial charge in [-0.1, -0.05) is 0 Å². The predicted molar refractivity (Wildman–Crippen MR) is 51.3 cm³/mol. The molecule has 0 aliphatic heterocycles. The summed E-state index contributed by atoms with van der Waals surface area (Å²) in [5.41, 5.74) is -0.603. The average molecular weight is 183 g/mol. The van der Waals surface area contributed by atoms with Crippen molar-refractivity contribution in [1.29, 1.82) is 0 Å². The Labute approximate surface area is 77.0 Å². The van der Waals surface area contributed by atoms with E-state index in [9.17, 15) is 5.11 Å². The van der Waals surface area contributed by atoms with Crippen molar-refractivity contribution in [2.75, 3.05) is 5.75 Å². The van der Waals surface area contributed by atoms with E-state index in [1.807, 2.05) is 12.1 Å². The molecule has 0 fully saturated rings. The maximum absolute atomic E-state index is 9.44. The molecule has 0 radical (unpaired) electrons. The van der Waals surface area contributed by atoms with Crippen LogP contribution in [0.1, 0.15) is 13.8 Å². The molecule has 3 heteroatoms. The standard InChI is InChI=1S/C9H13NOS/c1-9(2,11)7-12-8-3-5-10-6-4-8/h3-6,11H,7H2,1-2H3. The Morgan fingerprint density at radius 2 is 2.00 bits per heavy atom. The number of aliphatic hydroxyl groups is 1. The summed E-state index contributed by atoms with van der Waals surface area (Å²) in [6.07, 6.45) is 3.51. The fraction of sp³-hybridized carbons (Fsp3) is 0.444. The summed E-state index contributed by atoms with van der Waals surface area (Å²) in [4.78, 5) is 5.06. The van der Waals surface area contributed by atoms with Gasteiger partial charge in [0, 0.05) is 23.0 Å². The molecule has 0 amide bonds. The summed E-state index contributed by atoms with van der Waals surface area (Å²) in [7, 11) is 0. The van der Waals surface area contributed by atoms with Gasteiger partial charge in [0.05, 0.1) is 5.60 Å². The molecule has 12 heavy (non-hydrogen) atoms. The number of aromatic nitrogens is 1. The summed E-state index contributed by atoms with van der Waals surface area (Å²) >= 11 is 1.64.